The minimum Gasteiger partial charge on any atom is -0.497 e. The number of para-hydroxylation sites is 1. The number of amides is 1. The van der Waals surface area contributed by atoms with Crippen LogP contribution in [0.1, 0.15) is 6.42 Å². The third kappa shape index (κ3) is 4.74. The van der Waals surface area contributed by atoms with Crippen molar-refractivity contribution in [2.24, 2.45) is 0 Å². The highest BCUT2D eigenvalue weighted by molar-refractivity contribution is 7.89. The Balaban J connectivity index is 1.61. The molecule has 0 saturated carbocycles. The van der Waals surface area contributed by atoms with Gasteiger partial charge in [0, 0.05) is 12.6 Å². The number of pyridine rings is 1. The molecule has 166 valence electrons. The Morgan fingerprint density at radius 3 is 2.38 bits per heavy atom. The Labute approximate surface area is 186 Å². The summed E-state index contributed by atoms with van der Waals surface area (Å²) in [6.07, 6.45) is 1.28. The number of aromatic nitrogens is 1. The van der Waals surface area contributed by atoms with Gasteiger partial charge in [-0.25, -0.2) is 13.4 Å². The molecule has 32 heavy (non-hydrogen) atoms. The molecule has 1 aliphatic rings. The number of anilines is 1. The largest absolute Gasteiger partial charge is 0.497 e. The molecule has 3 aromatic rings. The molecule has 1 aromatic heterocycles. The molecular weight excluding hydrogens is 430 g/mol. The lowest BCUT2D eigenvalue weighted by atomic mass is 10.2. The molecule has 1 N–H and O–H groups in total. The van der Waals surface area contributed by atoms with Gasteiger partial charge in [0.15, 0.2) is 0 Å². The maximum Gasteiger partial charge on any atom is 0.244 e. The number of nitrogens with one attached hydrogen (secondary N) is 1. The van der Waals surface area contributed by atoms with Crippen LogP contribution in [0.15, 0.2) is 83.9 Å². The fraction of sp³-hybridized carbons (Fsp3) is 0.217. The quantitative estimate of drug-likeness (QED) is 0.591. The van der Waals surface area contributed by atoms with E-state index in [-0.39, 0.29) is 17.9 Å². The van der Waals surface area contributed by atoms with Crippen molar-refractivity contribution in [2.45, 2.75) is 23.5 Å². The van der Waals surface area contributed by atoms with Gasteiger partial charge >= 0.3 is 0 Å². The molecule has 2 aromatic carbocycles. The summed E-state index contributed by atoms with van der Waals surface area (Å²) in [7, 11) is -2.45. The van der Waals surface area contributed by atoms with E-state index >= 15 is 0 Å². The van der Waals surface area contributed by atoms with E-state index in [4.69, 9.17) is 9.47 Å². The van der Waals surface area contributed by atoms with Gasteiger partial charge in [0.05, 0.1) is 18.6 Å². The van der Waals surface area contributed by atoms with Gasteiger partial charge in [0.2, 0.25) is 15.9 Å². The maximum atomic E-state index is 13.4. The van der Waals surface area contributed by atoms with Crippen LogP contribution >= 0.6 is 0 Å². The molecule has 2 heterocycles. The SMILES string of the molecule is COc1ccc(S(=O)(=O)N2CC(Oc3ccccc3)CC2C(=O)Nc2ccccn2)cc1. The Morgan fingerprint density at radius 1 is 1.00 bits per heavy atom. The molecule has 1 saturated heterocycles. The molecule has 0 spiro atoms. The molecule has 0 radical (unpaired) electrons. The van der Waals surface area contributed by atoms with Gasteiger partial charge in [-0.3, -0.25) is 4.79 Å². The van der Waals surface area contributed by atoms with E-state index < -0.39 is 28.1 Å². The first-order valence-electron chi connectivity index (χ1n) is 10.1. The zero-order valence-electron chi connectivity index (χ0n) is 17.4. The summed E-state index contributed by atoms with van der Waals surface area (Å²) >= 11 is 0. The highest BCUT2D eigenvalue weighted by Gasteiger charge is 2.45. The van der Waals surface area contributed by atoms with E-state index in [2.05, 4.69) is 10.3 Å². The fourth-order valence-electron chi connectivity index (χ4n) is 3.58. The second-order valence-corrected chi connectivity index (χ2v) is 9.15. The highest BCUT2D eigenvalue weighted by Crippen LogP contribution is 2.30. The van der Waals surface area contributed by atoms with Crippen molar-refractivity contribution in [3.63, 3.8) is 0 Å². The molecule has 1 fully saturated rings. The minimum absolute atomic E-state index is 0.0452. The Morgan fingerprint density at radius 2 is 1.72 bits per heavy atom. The zero-order valence-corrected chi connectivity index (χ0v) is 18.2. The molecule has 0 bridgehead atoms. The van der Waals surface area contributed by atoms with Crippen LogP contribution in [0.25, 0.3) is 0 Å². The fourth-order valence-corrected chi connectivity index (χ4v) is 5.21. The molecule has 2 unspecified atom stereocenters. The Bertz CT molecular complexity index is 1160. The van der Waals surface area contributed by atoms with Crippen molar-refractivity contribution in [2.75, 3.05) is 19.0 Å². The molecule has 1 amide bonds. The van der Waals surface area contributed by atoms with E-state index in [0.29, 0.717) is 17.3 Å². The summed E-state index contributed by atoms with van der Waals surface area (Å²) < 4.78 is 39.2. The lowest BCUT2D eigenvalue weighted by Crippen LogP contribution is -2.43. The van der Waals surface area contributed by atoms with Crippen molar-refractivity contribution in [3.05, 3.63) is 79.0 Å². The first kappa shape index (κ1) is 21.8. The predicted octanol–water partition coefficient (Wildman–Crippen LogP) is 2.94. The summed E-state index contributed by atoms with van der Waals surface area (Å²) in [6, 6.07) is 19.4. The summed E-state index contributed by atoms with van der Waals surface area (Å²) in [5.74, 6) is 1.05. The van der Waals surface area contributed by atoms with E-state index in [1.165, 1.54) is 23.5 Å². The number of ether oxygens (including phenoxy) is 2. The maximum absolute atomic E-state index is 13.4. The Kier molecular flexibility index (Phi) is 6.38. The highest BCUT2D eigenvalue weighted by atomic mass is 32.2. The van der Waals surface area contributed by atoms with Crippen LogP contribution in [-0.2, 0) is 14.8 Å². The lowest BCUT2D eigenvalue weighted by Gasteiger charge is -2.23. The van der Waals surface area contributed by atoms with Gasteiger partial charge in [-0.15, -0.1) is 0 Å². The average Bonchev–Trinajstić information content (AvgIpc) is 3.25. The van der Waals surface area contributed by atoms with Crippen LogP contribution in [-0.4, -0.2) is 49.4 Å². The zero-order chi connectivity index (χ0) is 22.6. The van der Waals surface area contributed by atoms with E-state index in [1.54, 1.807) is 48.7 Å². The van der Waals surface area contributed by atoms with Gasteiger partial charge in [-0.1, -0.05) is 24.3 Å². The van der Waals surface area contributed by atoms with Crippen LogP contribution in [0.4, 0.5) is 5.82 Å². The van der Waals surface area contributed by atoms with Gasteiger partial charge in [0.1, 0.15) is 29.5 Å². The average molecular weight is 454 g/mol. The van der Waals surface area contributed by atoms with Crippen LogP contribution in [0.2, 0.25) is 0 Å². The number of carbonyl (C=O) groups excluding carboxylic acids is 1. The van der Waals surface area contributed by atoms with Crippen LogP contribution in [0.3, 0.4) is 0 Å². The molecule has 2 atom stereocenters. The predicted molar refractivity (Wildman–Crippen MR) is 119 cm³/mol. The number of methoxy groups -OCH3 is 1. The summed E-state index contributed by atoms with van der Waals surface area (Å²) in [6.45, 7) is 0.0452. The van der Waals surface area contributed by atoms with E-state index in [1.807, 2.05) is 18.2 Å². The second kappa shape index (κ2) is 9.37. The van der Waals surface area contributed by atoms with Crippen LogP contribution < -0.4 is 14.8 Å². The summed E-state index contributed by atoms with van der Waals surface area (Å²) in [4.78, 5) is 17.2. The molecule has 4 rings (SSSR count). The van der Waals surface area contributed by atoms with Crippen LogP contribution in [0, 0.1) is 0 Å². The van der Waals surface area contributed by atoms with Gasteiger partial charge in [0.25, 0.3) is 0 Å². The number of hydrogen-bond donors (Lipinski definition) is 1. The molecule has 1 aliphatic heterocycles. The van der Waals surface area contributed by atoms with Crippen molar-refractivity contribution < 1.29 is 22.7 Å². The first-order chi connectivity index (χ1) is 15.5. The number of carbonyl (C=O) groups is 1. The van der Waals surface area contributed by atoms with E-state index in [9.17, 15) is 13.2 Å². The number of sulfonamides is 1. The number of hydrogen-bond acceptors (Lipinski definition) is 6. The molecule has 0 aliphatic carbocycles. The van der Waals surface area contributed by atoms with Crippen LogP contribution in [0.5, 0.6) is 11.5 Å². The minimum atomic E-state index is -3.96. The van der Waals surface area contributed by atoms with Gasteiger partial charge in [-0.05, 0) is 48.5 Å². The third-order valence-corrected chi connectivity index (χ3v) is 7.04. The molecule has 8 nitrogen and oxygen atoms in total. The molecular formula is C23H23N3O5S. The van der Waals surface area contributed by atoms with Crippen molar-refractivity contribution in [3.8, 4) is 11.5 Å². The van der Waals surface area contributed by atoms with Crippen molar-refractivity contribution >= 4 is 21.7 Å². The van der Waals surface area contributed by atoms with Gasteiger partial charge < -0.3 is 14.8 Å². The topological polar surface area (TPSA) is 97.8 Å². The van der Waals surface area contributed by atoms with Gasteiger partial charge in [-0.2, -0.15) is 4.31 Å². The van der Waals surface area contributed by atoms with Crippen molar-refractivity contribution in [1.82, 2.24) is 9.29 Å². The smallest absolute Gasteiger partial charge is 0.244 e. The third-order valence-electron chi connectivity index (χ3n) is 5.15. The van der Waals surface area contributed by atoms with E-state index in [0.717, 1.165) is 0 Å². The second-order valence-electron chi connectivity index (χ2n) is 7.26. The lowest BCUT2D eigenvalue weighted by molar-refractivity contribution is -0.119. The standard InChI is InChI=1S/C23H23N3O5S/c1-30-17-10-12-20(13-11-17)32(28,29)26-16-19(31-18-7-3-2-4-8-18)15-21(26)23(27)25-22-9-5-6-14-24-22/h2-14,19,21H,15-16H2,1H3,(H,24,25,27). The summed E-state index contributed by atoms with van der Waals surface area (Å²) in [5.41, 5.74) is 0. The monoisotopic (exact) mass is 453 g/mol. The number of benzene rings is 2. The summed E-state index contributed by atoms with van der Waals surface area (Å²) in [5, 5.41) is 2.71. The van der Waals surface area contributed by atoms with Crippen molar-refractivity contribution in [1.29, 1.82) is 0 Å². The molecule has 9 heteroatoms. The number of rotatable bonds is 7. The number of nitrogens with zero attached hydrogens (tertiary/aromatic N) is 2. The normalized spacial score (nSPS) is 18.8. The Hall–Kier alpha value is -3.43. The first-order valence-corrected chi connectivity index (χ1v) is 11.5.